The second-order valence-corrected chi connectivity index (χ2v) is 8.62. The lowest BCUT2D eigenvalue weighted by molar-refractivity contribution is 0.0714. The third kappa shape index (κ3) is 3.82. The van der Waals surface area contributed by atoms with Gasteiger partial charge < -0.3 is 14.1 Å². The minimum Gasteiger partial charge on any atom is -0.457 e. The van der Waals surface area contributed by atoms with Gasteiger partial charge in [-0.15, -0.1) is 0 Å². The van der Waals surface area contributed by atoms with E-state index in [1.54, 1.807) is 41.3 Å². The predicted molar refractivity (Wildman–Crippen MR) is 134 cm³/mol. The van der Waals surface area contributed by atoms with Gasteiger partial charge in [0.25, 0.3) is 5.91 Å². The van der Waals surface area contributed by atoms with E-state index in [1.165, 1.54) is 12.1 Å². The van der Waals surface area contributed by atoms with E-state index in [2.05, 4.69) is 0 Å². The summed E-state index contributed by atoms with van der Waals surface area (Å²) in [5, 5.41) is 0.411. The Kier molecular flexibility index (Phi) is 5.34. The molecule has 1 aliphatic rings. The number of carbonyl (C=O) groups is 1. The van der Waals surface area contributed by atoms with Crippen LogP contribution in [0.5, 0.6) is 11.5 Å². The zero-order valence-electron chi connectivity index (χ0n) is 19.1. The molecule has 0 saturated heterocycles. The molecule has 0 saturated carbocycles. The summed E-state index contributed by atoms with van der Waals surface area (Å²) in [7, 11) is 0. The van der Waals surface area contributed by atoms with E-state index in [-0.39, 0.29) is 29.1 Å². The number of rotatable bonds is 5. The number of hydrogen-bond acceptors (Lipinski definition) is 4. The molecule has 6 rings (SSSR count). The quantitative estimate of drug-likeness (QED) is 0.291. The number of halogens is 1. The molecule has 176 valence electrons. The summed E-state index contributed by atoms with van der Waals surface area (Å²) in [6.07, 6.45) is 0. The van der Waals surface area contributed by atoms with Gasteiger partial charge in [-0.25, -0.2) is 4.39 Å². The minimum absolute atomic E-state index is 0.0280. The molecule has 5 aromatic rings. The Morgan fingerprint density at radius 3 is 2.33 bits per heavy atom. The highest BCUT2D eigenvalue weighted by atomic mass is 19.1. The SMILES string of the molecule is O=C1c2oc3ccccc3c(=O)c2[C@H](c2cccc(Oc3ccccc3)c2)N1Cc1ccc(F)cc1. The number of ether oxygens (including phenoxy) is 1. The van der Waals surface area contributed by atoms with Crippen LogP contribution in [0.3, 0.4) is 0 Å². The molecule has 36 heavy (non-hydrogen) atoms. The van der Waals surface area contributed by atoms with Crippen LogP contribution in [0.4, 0.5) is 4.39 Å². The average molecular weight is 477 g/mol. The van der Waals surface area contributed by atoms with Crippen LogP contribution in [0.2, 0.25) is 0 Å². The largest absolute Gasteiger partial charge is 0.457 e. The molecule has 1 aromatic heterocycles. The van der Waals surface area contributed by atoms with Crippen molar-refractivity contribution in [2.24, 2.45) is 0 Å². The zero-order valence-corrected chi connectivity index (χ0v) is 19.1. The number of carbonyl (C=O) groups excluding carboxylic acids is 1. The molecule has 1 amide bonds. The monoisotopic (exact) mass is 477 g/mol. The van der Waals surface area contributed by atoms with Gasteiger partial charge in [0, 0.05) is 6.54 Å². The standard InChI is InChI=1S/C30H20FNO4/c31-21-15-13-19(14-16-21)18-32-27(20-7-6-10-23(17-20)35-22-8-2-1-3-9-22)26-28(33)24-11-4-5-12-25(24)36-29(26)30(32)34/h1-17,27H,18H2/t27-/m0/s1. The molecule has 0 radical (unpaired) electrons. The normalized spacial score (nSPS) is 14.8. The highest BCUT2D eigenvalue weighted by molar-refractivity contribution is 5.99. The molecule has 0 spiro atoms. The second kappa shape index (κ2) is 8.82. The molecule has 6 heteroatoms. The molecule has 4 aromatic carbocycles. The zero-order chi connectivity index (χ0) is 24.6. The summed E-state index contributed by atoms with van der Waals surface area (Å²) in [5.74, 6) is 0.523. The predicted octanol–water partition coefficient (Wildman–Crippen LogP) is 6.47. The van der Waals surface area contributed by atoms with E-state index < -0.39 is 11.9 Å². The number of hydrogen-bond donors (Lipinski definition) is 0. The van der Waals surface area contributed by atoms with Crippen LogP contribution in [0.25, 0.3) is 11.0 Å². The first-order valence-corrected chi connectivity index (χ1v) is 11.5. The molecule has 2 heterocycles. The first kappa shape index (κ1) is 21.8. The Hall–Kier alpha value is -4.71. The van der Waals surface area contributed by atoms with Gasteiger partial charge >= 0.3 is 0 Å². The Morgan fingerprint density at radius 2 is 1.53 bits per heavy atom. The average Bonchev–Trinajstić information content (AvgIpc) is 3.18. The van der Waals surface area contributed by atoms with Crippen molar-refractivity contribution in [3.63, 3.8) is 0 Å². The molecule has 0 bridgehead atoms. The van der Waals surface area contributed by atoms with Crippen LogP contribution in [0.1, 0.15) is 33.3 Å². The maximum Gasteiger partial charge on any atom is 0.291 e. The van der Waals surface area contributed by atoms with Crippen molar-refractivity contribution in [2.45, 2.75) is 12.6 Å². The van der Waals surface area contributed by atoms with E-state index >= 15 is 0 Å². The summed E-state index contributed by atoms with van der Waals surface area (Å²) >= 11 is 0. The molecular weight excluding hydrogens is 457 g/mol. The first-order chi connectivity index (χ1) is 17.6. The van der Waals surface area contributed by atoms with E-state index in [0.29, 0.717) is 28.0 Å². The molecule has 0 aliphatic carbocycles. The third-order valence-corrected chi connectivity index (χ3v) is 6.29. The van der Waals surface area contributed by atoms with Gasteiger partial charge in [-0.3, -0.25) is 9.59 Å². The minimum atomic E-state index is -0.697. The third-order valence-electron chi connectivity index (χ3n) is 6.29. The van der Waals surface area contributed by atoms with Crippen molar-refractivity contribution in [1.29, 1.82) is 0 Å². The fraction of sp³-hybridized carbons (Fsp3) is 0.0667. The summed E-state index contributed by atoms with van der Waals surface area (Å²) in [4.78, 5) is 28.8. The van der Waals surface area contributed by atoms with Crippen LogP contribution in [0, 0.1) is 5.82 Å². The van der Waals surface area contributed by atoms with E-state index in [4.69, 9.17) is 9.15 Å². The smallest absolute Gasteiger partial charge is 0.291 e. The van der Waals surface area contributed by atoms with E-state index in [0.717, 1.165) is 5.56 Å². The van der Waals surface area contributed by atoms with Crippen molar-refractivity contribution in [2.75, 3.05) is 0 Å². The molecular formula is C30H20FNO4. The maximum absolute atomic E-state index is 13.6. The summed E-state index contributed by atoms with van der Waals surface area (Å²) < 4.78 is 25.5. The molecule has 1 atom stereocenters. The van der Waals surface area contributed by atoms with Gasteiger partial charge in [0.1, 0.15) is 22.9 Å². The Balaban J connectivity index is 1.49. The van der Waals surface area contributed by atoms with Gasteiger partial charge in [0.05, 0.1) is 17.0 Å². The first-order valence-electron chi connectivity index (χ1n) is 11.5. The molecule has 0 fully saturated rings. The molecule has 0 unspecified atom stereocenters. The lowest BCUT2D eigenvalue weighted by Gasteiger charge is -2.25. The molecule has 1 aliphatic heterocycles. The maximum atomic E-state index is 13.6. The van der Waals surface area contributed by atoms with E-state index in [1.807, 2.05) is 54.6 Å². The van der Waals surface area contributed by atoms with Gasteiger partial charge in [0.2, 0.25) is 5.76 Å². The highest BCUT2D eigenvalue weighted by Crippen LogP contribution is 2.40. The Morgan fingerprint density at radius 1 is 0.806 bits per heavy atom. The lowest BCUT2D eigenvalue weighted by Crippen LogP contribution is -2.29. The van der Waals surface area contributed by atoms with Crippen LogP contribution in [-0.2, 0) is 6.54 Å². The molecule has 0 N–H and O–H groups in total. The highest BCUT2D eigenvalue weighted by Gasteiger charge is 2.42. The number of amides is 1. The fourth-order valence-electron chi connectivity index (χ4n) is 4.64. The van der Waals surface area contributed by atoms with Crippen LogP contribution < -0.4 is 10.2 Å². The van der Waals surface area contributed by atoms with Gasteiger partial charge in [0.15, 0.2) is 5.43 Å². The Labute approximate surface area is 206 Å². The van der Waals surface area contributed by atoms with Gasteiger partial charge in [-0.1, -0.05) is 54.6 Å². The summed E-state index contributed by atoms with van der Waals surface area (Å²) in [5.41, 5.74) is 1.84. The summed E-state index contributed by atoms with van der Waals surface area (Å²) in [6.45, 7) is 0.174. The van der Waals surface area contributed by atoms with Crippen molar-refractivity contribution in [3.8, 4) is 11.5 Å². The van der Waals surface area contributed by atoms with Gasteiger partial charge in [-0.2, -0.15) is 0 Å². The number of benzene rings is 4. The number of nitrogens with zero attached hydrogens (tertiary/aromatic N) is 1. The molecule has 5 nitrogen and oxygen atoms in total. The van der Waals surface area contributed by atoms with Crippen molar-refractivity contribution in [3.05, 3.63) is 142 Å². The summed E-state index contributed by atoms with van der Waals surface area (Å²) in [6, 6.07) is 28.9. The lowest BCUT2D eigenvalue weighted by atomic mass is 9.98. The van der Waals surface area contributed by atoms with Gasteiger partial charge in [-0.05, 0) is 59.7 Å². The van der Waals surface area contributed by atoms with Crippen molar-refractivity contribution in [1.82, 2.24) is 4.90 Å². The van der Waals surface area contributed by atoms with Crippen molar-refractivity contribution >= 4 is 16.9 Å². The van der Waals surface area contributed by atoms with Crippen LogP contribution in [-0.4, -0.2) is 10.8 Å². The Bertz CT molecular complexity index is 1640. The number of para-hydroxylation sites is 2. The number of fused-ring (bicyclic) bond motifs is 2. The van der Waals surface area contributed by atoms with Crippen molar-refractivity contribution < 1.29 is 18.3 Å². The fourth-order valence-corrected chi connectivity index (χ4v) is 4.64. The second-order valence-electron chi connectivity index (χ2n) is 8.62. The van der Waals surface area contributed by atoms with Crippen LogP contribution in [0.15, 0.2) is 112 Å². The van der Waals surface area contributed by atoms with Crippen LogP contribution >= 0.6 is 0 Å². The topological polar surface area (TPSA) is 59.8 Å². The van der Waals surface area contributed by atoms with E-state index in [9.17, 15) is 14.0 Å².